The van der Waals surface area contributed by atoms with Crippen LogP contribution in [0.15, 0.2) is 30.3 Å². The van der Waals surface area contributed by atoms with Crippen LogP contribution in [-0.2, 0) is 9.53 Å². The zero-order valence-electron chi connectivity index (χ0n) is 12.6. The molecule has 0 spiro atoms. The first-order valence-corrected chi connectivity index (χ1v) is 8.50. The third-order valence-corrected chi connectivity index (χ3v) is 5.26. The highest BCUT2D eigenvalue weighted by atomic mass is 32.2. The molecule has 0 N–H and O–H groups in total. The first-order valence-electron chi connectivity index (χ1n) is 7.11. The number of carbonyl (C=O) groups is 1. The molecule has 1 fully saturated rings. The smallest absolute Gasteiger partial charge is 0.231 e. The summed E-state index contributed by atoms with van der Waals surface area (Å²) in [6.45, 7) is 4.26. The van der Waals surface area contributed by atoms with Gasteiger partial charge in [0.05, 0.1) is 12.5 Å². The zero-order valence-corrected chi connectivity index (χ0v) is 14.2. The second kappa shape index (κ2) is 7.38. The van der Waals surface area contributed by atoms with Gasteiger partial charge in [-0.2, -0.15) is 0 Å². The normalized spacial score (nSPS) is 20.1. The number of benzene rings is 1. The highest BCUT2D eigenvalue weighted by Gasteiger charge is 2.36. The van der Waals surface area contributed by atoms with Gasteiger partial charge in [0.2, 0.25) is 5.91 Å². The van der Waals surface area contributed by atoms with Gasteiger partial charge >= 0.3 is 0 Å². The number of ether oxygens (including phenoxy) is 1. The molecule has 114 valence electrons. The zero-order chi connectivity index (χ0) is 15.4. The Bertz CT molecular complexity index is 504. The van der Waals surface area contributed by atoms with E-state index < -0.39 is 0 Å². The summed E-state index contributed by atoms with van der Waals surface area (Å²) in [6, 6.07) is 10.0. The van der Waals surface area contributed by atoms with E-state index in [2.05, 4.69) is 13.8 Å². The third kappa shape index (κ3) is 3.84. The van der Waals surface area contributed by atoms with Crippen molar-refractivity contribution in [1.82, 2.24) is 4.90 Å². The molecule has 5 heteroatoms. The maximum Gasteiger partial charge on any atom is 0.231 e. The van der Waals surface area contributed by atoms with Crippen LogP contribution >= 0.6 is 24.0 Å². The minimum Gasteiger partial charge on any atom is -0.376 e. The molecule has 3 nitrogen and oxygen atoms in total. The lowest BCUT2D eigenvalue weighted by molar-refractivity contribution is -0.131. The molecule has 1 saturated heterocycles. The van der Waals surface area contributed by atoms with Gasteiger partial charge in [-0.3, -0.25) is 9.69 Å². The lowest BCUT2D eigenvalue weighted by Gasteiger charge is -2.28. The molecule has 0 unspecified atom stereocenters. The Morgan fingerprint density at radius 1 is 1.43 bits per heavy atom. The quantitative estimate of drug-likeness (QED) is 0.774. The van der Waals surface area contributed by atoms with Crippen molar-refractivity contribution in [1.29, 1.82) is 0 Å². The molecule has 2 rings (SSSR count). The summed E-state index contributed by atoms with van der Waals surface area (Å²) in [5.41, 5.74) is 1.02. The summed E-state index contributed by atoms with van der Waals surface area (Å²) in [5, 5.41) is 0. The van der Waals surface area contributed by atoms with E-state index >= 15 is 0 Å². The van der Waals surface area contributed by atoms with Crippen LogP contribution in [0.4, 0.5) is 0 Å². The van der Waals surface area contributed by atoms with Crippen molar-refractivity contribution in [3.8, 4) is 0 Å². The number of nitrogens with zero attached hydrogens (tertiary/aromatic N) is 1. The summed E-state index contributed by atoms with van der Waals surface area (Å²) >= 11 is 6.94. The maximum absolute atomic E-state index is 12.7. The third-order valence-electron chi connectivity index (χ3n) is 3.76. The lowest BCUT2D eigenvalue weighted by Crippen LogP contribution is -2.42. The number of carbonyl (C=O) groups excluding carboxylic acids is 1. The predicted octanol–water partition coefficient (Wildman–Crippen LogP) is 3.65. The van der Waals surface area contributed by atoms with E-state index in [1.54, 1.807) is 23.8 Å². The average Bonchev–Trinajstić information content (AvgIpc) is 2.87. The van der Waals surface area contributed by atoms with Crippen molar-refractivity contribution in [2.24, 2.45) is 5.92 Å². The lowest BCUT2D eigenvalue weighted by atomic mass is 10.0. The minimum atomic E-state index is -0.222. The Hall–Kier alpha value is -0.910. The molecule has 21 heavy (non-hydrogen) atoms. The number of hydrogen-bond acceptors (Lipinski definition) is 4. The SMILES string of the molecule is CO[C@H](CC(=O)N1C(=S)SC[C@@H]1C(C)C)c1ccccc1. The van der Waals surface area contributed by atoms with Crippen LogP contribution in [0.1, 0.15) is 31.9 Å². The van der Waals surface area contributed by atoms with E-state index in [4.69, 9.17) is 17.0 Å². The van der Waals surface area contributed by atoms with Crippen molar-refractivity contribution in [3.05, 3.63) is 35.9 Å². The molecule has 1 aromatic carbocycles. The van der Waals surface area contributed by atoms with Crippen LogP contribution in [0, 0.1) is 5.92 Å². The van der Waals surface area contributed by atoms with E-state index in [0.29, 0.717) is 16.7 Å². The van der Waals surface area contributed by atoms with Gasteiger partial charge < -0.3 is 4.74 Å². The molecule has 0 saturated carbocycles. The summed E-state index contributed by atoms with van der Waals surface area (Å²) < 4.78 is 6.20. The van der Waals surface area contributed by atoms with Crippen molar-refractivity contribution in [3.63, 3.8) is 0 Å². The van der Waals surface area contributed by atoms with Crippen LogP contribution < -0.4 is 0 Å². The van der Waals surface area contributed by atoms with Crippen LogP contribution in [0.5, 0.6) is 0 Å². The standard InChI is InChI=1S/C16H21NO2S2/c1-11(2)13-10-21-16(20)17(13)15(18)9-14(19-3)12-7-5-4-6-8-12/h4-8,11,13-14H,9-10H2,1-3H3/t13-,14-/m1/s1. The van der Waals surface area contributed by atoms with E-state index in [1.807, 2.05) is 30.3 Å². The van der Waals surface area contributed by atoms with Crippen LogP contribution in [0.2, 0.25) is 0 Å². The summed E-state index contributed by atoms with van der Waals surface area (Å²) in [7, 11) is 1.64. The van der Waals surface area contributed by atoms with Gasteiger partial charge in [0.1, 0.15) is 4.32 Å². The second-order valence-corrected chi connectivity index (χ2v) is 7.14. The molecule has 1 aliphatic rings. The molecule has 0 aliphatic carbocycles. The Kier molecular flexibility index (Phi) is 5.79. The van der Waals surface area contributed by atoms with Gasteiger partial charge in [0.15, 0.2) is 0 Å². The fourth-order valence-electron chi connectivity index (χ4n) is 2.48. The van der Waals surface area contributed by atoms with E-state index in [0.717, 1.165) is 11.3 Å². The molecule has 1 heterocycles. The number of hydrogen-bond donors (Lipinski definition) is 0. The average molecular weight is 323 g/mol. The molecule has 0 radical (unpaired) electrons. The highest BCUT2D eigenvalue weighted by molar-refractivity contribution is 8.23. The number of rotatable bonds is 5. The second-order valence-electron chi connectivity index (χ2n) is 5.49. The summed E-state index contributed by atoms with van der Waals surface area (Å²) in [4.78, 5) is 14.4. The highest BCUT2D eigenvalue weighted by Crippen LogP contribution is 2.31. The van der Waals surface area contributed by atoms with Gasteiger partial charge in [-0.25, -0.2) is 0 Å². The molecule has 1 aliphatic heterocycles. The Morgan fingerprint density at radius 2 is 2.10 bits per heavy atom. The van der Waals surface area contributed by atoms with Crippen molar-refractivity contribution < 1.29 is 9.53 Å². The van der Waals surface area contributed by atoms with Crippen LogP contribution in [0.25, 0.3) is 0 Å². The predicted molar refractivity (Wildman–Crippen MR) is 91.3 cm³/mol. The molecule has 1 aromatic rings. The van der Waals surface area contributed by atoms with Gasteiger partial charge in [-0.1, -0.05) is 68.2 Å². The fourth-order valence-corrected chi connectivity index (χ4v) is 4.14. The molecule has 1 amide bonds. The minimum absolute atomic E-state index is 0.0550. The Morgan fingerprint density at radius 3 is 2.67 bits per heavy atom. The van der Waals surface area contributed by atoms with E-state index in [-0.39, 0.29) is 18.1 Å². The molecular formula is C16H21NO2S2. The molecule has 2 atom stereocenters. The van der Waals surface area contributed by atoms with Crippen molar-refractivity contribution >= 4 is 34.2 Å². The maximum atomic E-state index is 12.7. The van der Waals surface area contributed by atoms with Crippen LogP contribution in [0.3, 0.4) is 0 Å². The monoisotopic (exact) mass is 323 g/mol. The van der Waals surface area contributed by atoms with Gasteiger partial charge in [0, 0.05) is 18.9 Å². The van der Waals surface area contributed by atoms with E-state index in [1.165, 1.54) is 0 Å². The topological polar surface area (TPSA) is 29.5 Å². The number of methoxy groups -OCH3 is 1. The molecule has 0 aromatic heterocycles. The Balaban J connectivity index is 2.10. The van der Waals surface area contributed by atoms with E-state index in [9.17, 15) is 4.79 Å². The largest absolute Gasteiger partial charge is 0.376 e. The van der Waals surface area contributed by atoms with Crippen molar-refractivity contribution in [2.75, 3.05) is 12.9 Å². The Labute approximate surface area is 136 Å². The fraction of sp³-hybridized carbons (Fsp3) is 0.500. The number of thiocarbonyl (C=S) groups is 1. The van der Waals surface area contributed by atoms with Crippen LogP contribution in [-0.4, -0.2) is 34.0 Å². The summed E-state index contributed by atoms with van der Waals surface area (Å²) in [5.74, 6) is 1.35. The van der Waals surface area contributed by atoms with Gasteiger partial charge in [0.25, 0.3) is 0 Å². The van der Waals surface area contributed by atoms with Crippen molar-refractivity contribution in [2.45, 2.75) is 32.4 Å². The van der Waals surface area contributed by atoms with Gasteiger partial charge in [-0.15, -0.1) is 0 Å². The number of amides is 1. The molecule has 0 bridgehead atoms. The first-order chi connectivity index (χ1) is 10.0. The summed E-state index contributed by atoms with van der Waals surface area (Å²) in [6.07, 6.45) is 0.102. The van der Waals surface area contributed by atoms with Gasteiger partial charge in [-0.05, 0) is 11.5 Å². The first kappa shape index (κ1) is 16.5. The number of thioether (sulfide) groups is 1. The molecular weight excluding hydrogens is 302 g/mol.